The van der Waals surface area contributed by atoms with E-state index in [1.54, 1.807) is 4.90 Å². The minimum absolute atomic E-state index is 0.0123. The molecular weight excluding hydrogens is 246 g/mol. The highest BCUT2D eigenvalue weighted by molar-refractivity contribution is 5.77. The molecule has 1 rings (SSSR count). The minimum atomic E-state index is -0.860. The summed E-state index contributed by atoms with van der Waals surface area (Å²) in [6, 6.07) is 0. The Bertz CT molecular complexity index is 298. The Morgan fingerprint density at radius 1 is 1.37 bits per heavy atom. The molecule has 0 aromatic rings. The van der Waals surface area contributed by atoms with Crippen LogP contribution in [0.5, 0.6) is 0 Å². The van der Waals surface area contributed by atoms with Crippen LogP contribution in [0, 0.1) is 5.92 Å². The smallest absolute Gasteiger partial charge is 0.305 e. The molecule has 1 amide bonds. The molecule has 1 atom stereocenters. The number of aliphatic carboxylic acids is 1. The van der Waals surface area contributed by atoms with Crippen LogP contribution in [0.1, 0.15) is 46.0 Å². The molecule has 0 saturated carbocycles. The van der Waals surface area contributed by atoms with Gasteiger partial charge in [-0.25, -0.2) is 0 Å². The van der Waals surface area contributed by atoms with Crippen molar-refractivity contribution >= 4 is 11.9 Å². The van der Waals surface area contributed by atoms with Crippen LogP contribution < -0.4 is 0 Å². The lowest BCUT2D eigenvalue weighted by Crippen LogP contribution is -2.36. The van der Waals surface area contributed by atoms with E-state index in [0.29, 0.717) is 25.4 Å². The molecule has 0 aliphatic carbocycles. The maximum Gasteiger partial charge on any atom is 0.305 e. The molecule has 1 unspecified atom stereocenters. The fraction of sp³-hybridized carbons (Fsp3) is 0.857. The monoisotopic (exact) mass is 271 g/mol. The maximum absolute atomic E-state index is 12.1. The maximum atomic E-state index is 12.1. The zero-order valence-electron chi connectivity index (χ0n) is 11.9. The van der Waals surface area contributed by atoms with Crippen molar-refractivity contribution in [3.8, 4) is 0 Å². The van der Waals surface area contributed by atoms with E-state index in [9.17, 15) is 9.59 Å². The zero-order valence-corrected chi connectivity index (χ0v) is 11.9. The van der Waals surface area contributed by atoms with Gasteiger partial charge in [-0.1, -0.05) is 13.8 Å². The number of hydrogen-bond donors (Lipinski definition) is 1. The van der Waals surface area contributed by atoms with E-state index in [2.05, 4.69) is 0 Å². The van der Waals surface area contributed by atoms with Gasteiger partial charge in [0.25, 0.3) is 0 Å². The number of carbonyl (C=O) groups is 2. The van der Waals surface area contributed by atoms with Gasteiger partial charge in [0.1, 0.15) is 0 Å². The average Bonchev–Trinajstić information content (AvgIpc) is 2.83. The number of rotatable bonds is 8. The molecule has 110 valence electrons. The summed E-state index contributed by atoms with van der Waals surface area (Å²) >= 11 is 0. The number of carboxylic acids is 1. The van der Waals surface area contributed by atoms with Crippen LogP contribution in [0.4, 0.5) is 0 Å². The van der Waals surface area contributed by atoms with Gasteiger partial charge in [-0.15, -0.1) is 0 Å². The van der Waals surface area contributed by atoms with Crippen molar-refractivity contribution in [2.45, 2.75) is 52.1 Å². The first-order valence-electron chi connectivity index (χ1n) is 7.10. The molecule has 19 heavy (non-hydrogen) atoms. The van der Waals surface area contributed by atoms with E-state index in [-0.39, 0.29) is 18.4 Å². The van der Waals surface area contributed by atoms with Crippen LogP contribution in [0.2, 0.25) is 0 Å². The number of amides is 1. The largest absolute Gasteiger partial charge is 0.481 e. The molecule has 0 radical (unpaired) electrons. The Morgan fingerprint density at radius 3 is 2.63 bits per heavy atom. The van der Waals surface area contributed by atoms with Crippen molar-refractivity contribution in [2.75, 3.05) is 19.7 Å². The summed E-state index contributed by atoms with van der Waals surface area (Å²) in [6.45, 7) is 5.78. The van der Waals surface area contributed by atoms with Crippen molar-refractivity contribution in [3.63, 3.8) is 0 Å². The normalized spacial score (nSPS) is 18.8. The second kappa shape index (κ2) is 8.15. The van der Waals surface area contributed by atoms with Gasteiger partial charge in [-0.3, -0.25) is 9.59 Å². The molecule has 1 aliphatic heterocycles. The van der Waals surface area contributed by atoms with Crippen LogP contribution in [-0.4, -0.2) is 47.7 Å². The molecular formula is C14H25NO4. The van der Waals surface area contributed by atoms with E-state index in [0.717, 1.165) is 25.9 Å². The third-order valence-corrected chi connectivity index (χ3v) is 3.24. The number of carboxylic acid groups (broad SMARTS) is 1. The van der Waals surface area contributed by atoms with E-state index in [4.69, 9.17) is 9.84 Å². The SMILES string of the molecule is CC(C)CN(CCC(=O)O)C(=O)CCC1CCCO1. The quantitative estimate of drug-likeness (QED) is 0.732. The zero-order chi connectivity index (χ0) is 14.3. The lowest BCUT2D eigenvalue weighted by molar-refractivity contribution is -0.138. The second-order valence-corrected chi connectivity index (χ2v) is 5.55. The van der Waals surface area contributed by atoms with Gasteiger partial charge >= 0.3 is 5.97 Å². The number of hydrogen-bond acceptors (Lipinski definition) is 3. The van der Waals surface area contributed by atoms with Crippen molar-refractivity contribution in [1.82, 2.24) is 4.90 Å². The molecule has 0 spiro atoms. The lowest BCUT2D eigenvalue weighted by atomic mass is 10.1. The Hall–Kier alpha value is -1.10. The molecule has 0 aromatic carbocycles. The Morgan fingerprint density at radius 2 is 2.11 bits per heavy atom. The fourth-order valence-corrected chi connectivity index (χ4v) is 2.30. The van der Waals surface area contributed by atoms with E-state index in [1.807, 2.05) is 13.8 Å². The molecule has 1 saturated heterocycles. The third kappa shape index (κ3) is 6.57. The van der Waals surface area contributed by atoms with Gasteiger partial charge in [0.05, 0.1) is 12.5 Å². The third-order valence-electron chi connectivity index (χ3n) is 3.24. The summed E-state index contributed by atoms with van der Waals surface area (Å²) < 4.78 is 5.50. The van der Waals surface area contributed by atoms with Crippen molar-refractivity contribution in [3.05, 3.63) is 0 Å². The van der Waals surface area contributed by atoms with E-state index >= 15 is 0 Å². The molecule has 1 aliphatic rings. The van der Waals surface area contributed by atoms with Crippen molar-refractivity contribution in [2.24, 2.45) is 5.92 Å². The standard InChI is InChI=1S/C14H25NO4/c1-11(2)10-15(8-7-14(17)18)13(16)6-5-12-4-3-9-19-12/h11-12H,3-10H2,1-2H3,(H,17,18). The first-order chi connectivity index (χ1) is 8.99. The predicted octanol–water partition coefficient (Wildman–Crippen LogP) is 1.90. The molecule has 1 fully saturated rings. The van der Waals surface area contributed by atoms with Crippen LogP contribution >= 0.6 is 0 Å². The summed E-state index contributed by atoms with van der Waals surface area (Å²) in [5, 5.41) is 8.72. The highest BCUT2D eigenvalue weighted by Crippen LogP contribution is 2.17. The summed E-state index contributed by atoms with van der Waals surface area (Å²) in [5.74, 6) is -0.466. The molecule has 0 bridgehead atoms. The van der Waals surface area contributed by atoms with Crippen LogP contribution in [-0.2, 0) is 14.3 Å². The van der Waals surface area contributed by atoms with Gasteiger partial charge in [0, 0.05) is 26.1 Å². The molecule has 0 aromatic heterocycles. The minimum Gasteiger partial charge on any atom is -0.481 e. The summed E-state index contributed by atoms with van der Waals surface area (Å²) in [5.41, 5.74) is 0. The Kier molecular flexibility index (Phi) is 6.84. The Balaban J connectivity index is 2.37. The predicted molar refractivity (Wildman–Crippen MR) is 71.9 cm³/mol. The summed E-state index contributed by atoms with van der Waals surface area (Å²) in [6.07, 6.45) is 3.54. The van der Waals surface area contributed by atoms with Gasteiger partial charge < -0.3 is 14.7 Å². The topological polar surface area (TPSA) is 66.8 Å². The first kappa shape index (κ1) is 16.0. The molecule has 1 N–H and O–H groups in total. The fourth-order valence-electron chi connectivity index (χ4n) is 2.30. The highest BCUT2D eigenvalue weighted by atomic mass is 16.5. The molecule has 5 nitrogen and oxygen atoms in total. The van der Waals surface area contributed by atoms with E-state index < -0.39 is 5.97 Å². The van der Waals surface area contributed by atoms with Crippen LogP contribution in [0.15, 0.2) is 0 Å². The average molecular weight is 271 g/mol. The summed E-state index contributed by atoms with van der Waals surface area (Å²) in [4.78, 5) is 24.4. The molecule has 1 heterocycles. The van der Waals surface area contributed by atoms with Crippen molar-refractivity contribution in [1.29, 1.82) is 0 Å². The highest BCUT2D eigenvalue weighted by Gasteiger charge is 2.20. The summed E-state index contributed by atoms with van der Waals surface area (Å²) in [7, 11) is 0. The van der Waals surface area contributed by atoms with Crippen LogP contribution in [0.3, 0.4) is 0 Å². The van der Waals surface area contributed by atoms with Gasteiger partial charge in [-0.2, -0.15) is 0 Å². The first-order valence-corrected chi connectivity index (χ1v) is 7.10. The number of carbonyl (C=O) groups excluding carboxylic acids is 1. The van der Waals surface area contributed by atoms with Crippen molar-refractivity contribution < 1.29 is 19.4 Å². The number of nitrogens with zero attached hydrogens (tertiary/aromatic N) is 1. The lowest BCUT2D eigenvalue weighted by Gasteiger charge is -2.24. The van der Waals surface area contributed by atoms with Gasteiger partial charge in [-0.05, 0) is 25.2 Å². The number of ether oxygens (including phenoxy) is 1. The van der Waals surface area contributed by atoms with Gasteiger partial charge in [0.15, 0.2) is 0 Å². The Labute approximate surface area is 114 Å². The second-order valence-electron chi connectivity index (χ2n) is 5.55. The molecule has 5 heteroatoms. The van der Waals surface area contributed by atoms with Crippen LogP contribution in [0.25, 0.3) is 0 Å². The van der Waals surface area contributed by atoms with E-state index in [1.165, 1.54) is 0 Å². The van der Waals surface area contributed by atoms with Gasteiger partial charge in [0.2, 0.25) is 5.91 Å².